The maximum Gasteiger partial charge on any atom is 0.235 e. The van der Waals surface area contributed by atoms with E-state index in [0.717, 1.165) is 46.0 Å². The zero-order valence-corrected chi connectivity index (χ0v) is 14.4. The number of nitrogens with zero attached hydrogens (tertiary/aromatic N) is 5. The van der Waals surface area contributed by atoms with E-state index in [1.807, 2.05) is 28.8 Å². The summed E-state index contributed by atoms with van der Waals surface area (Å²) in [5.41, 5.74) is 1.02. The van der Waals surface area contributed by atoms with E-state index in [1.54, 1.807) is 11.3 Å². The fourth-order valence-electron chi connectivity index (χ4n) is 2.99. The molecule has 0 amide bonds. The first kappa shape index (κ1) is 15.1. The van der Waals surface area contributed by atoms with Gasteiger partial charge in [0.2, 0.25) is 4.96 Å². The molecule has 0 bridgehead atoms. The quantitative estimate of drug-likeness (QED) is 0.721. The molecule has 5 nitrogen and oxygen atoms in total. The van der Waals surface area contributed by atoms with E-state index >= 15 is 0 Å². The van der Waals surface area contributed by atoms with Crippen molar-refractivity contribution in [3.8, 4) is 10.6 Å². The third kappa shape index (κ3) is 3.24. The molecule has 3 aromatic rings. The lowest BCUT2D eigenvalue weighted by Gasteiger charge is -2.17. The van der Waals surface area contributed by atoms with Crippen molar-refractivity contribution in [1.82, 2.24) is 24.7 Å². The topological polar surface area (TPSA) is 46.3 Å². The molecule has 2 aromatic heterocycles. The largest absolute Gasteiger partial charge is 0.296 e. The Bertz CT molecular complexity index is 804. The number of halogens is 1. The Morgan fingerprint density at radius 2 is 1.91 bits per heavy atom. The highest BCUT2D eigenvalue weighted by molar-refractivity contribution is 7.19. The summed E-state index contributed by atoms with van der Waals surface area (Å²) in [6, 6.07) is 7.77. The van der Waals surface area contributed by atoms with E-state index in [0.29, 0.717) is 0 Å². The van der Waals surface area contributed by atoms with Crippen molar-refractivity contribution >= 4 is 27.9 Å². The van der Waals surface area contributed by atoms with Gasteiger partial charge in [-0.2, -0.15) is 9.61 Å². The fourth-order valence-corrected chi connectivity index (χ4v) is 4.03. The molecule has 0 unspecified atom stereocenters. The highest BCUT2D eigenvalue weighted by Gasteiger charge is 2.17. The fraction of sp³-hybridized carbons (Fsp3) is 0.438. The molecule has 1 aliphatic heterocycles. The van der Waals surface area contributed by atoms with Crippen LogP contribution in [0.2, 0.25) is 5.02 Å². The minimum Gasteiger partial charge on any atom is -0.296 e. The van der Waals surface area contributed by atoms with Crippen LogP contribution in [0.1, 0.15) is 31.5 Å². The van der Waals surface area contributed by atoms with Gasteiger partial charge in [-0.1, -0.05) is 47.9 Å². The molecular weight excluding hydrogens is 330 g/mol. The monoisotopic (exact) mass is 347 g/mol. The molecule has 0 aliphatic carbocycles. The second-order valence-electron chi connectivity index (χ2n) is 5.92. The molecule has 0 atom stereocenters. The molecular formula is C16H18ClN5S. The second-order valence-corrected chi connectivity index (χ2v) is 7.31. The van der Waals surface area contributed by atoms with Gasteiger partial charge in [0.1, 0.15) is 5.01 Å². The minimum atomic E-state index is 0.721. The third-order valence-electron chi connectivity index (χ3n) is 4.19. The molecule has 4 rings (SSSR count). The molecule has 0 N–H and O–H groups in total. The standard InChI is InChI=1S/C16H18ClN5S/c17-13-7-5-6-12(10-13)15-20-22-14(18-19-16(22)23-15)11-21-8-3-1-2-4-9-21/h5-7,10H,1-4,8-9,11H2. The molecule has 3 heterocycles. The summed E-state index contributed by atoms with van der Waals surface area (Å²) >= 11 is 7.63. The summed E-state index contributed by atoms with van der Waals surface area (Å²) in [4.78, 5) is 3.30. The highest BCUT2D eigenvalue weighted by Crippen LogP contribution is 2.27. The van der Waals surface area contributed by atoms with E-state index in [1.165, 1.54) is 25.7 Å². The van der Waals surface area contributed by atoms with Crippen molar-refractivity contribution in [2.45, 2.75) is 32.2 Å². The summed E-state index contributed by atoms with van der Waals surface area (Å²) in [6.07, 6.45) is 5.21. The van der Waals surface area contributed by atoms with Gasteiger partial charge in [0.25, 0.3) is 0 Å². The van der Waals surface area contributed by atoms with E-state index in [-0.39, 0.29) is 0 Å². The van der Waals surface area contributed by atoms with Crippen LogP contribution >= 0.6 is 22.9 Å². The number of hydrogen-bond donors (Lipinski definition) is 0. The van der Waals surface area contributed by atoms with Crippen molar-refractivity contribution < 1.29 is 0 Å². The lowest BCUT2D eigenvalue weighted by atomic mass is 10.2. The van der Waals surface area contributed by atoms with E-state index in [4.69, 9.17) is 16.7 Å². The predicted molar refractivity (Wildman–Crippen MR) is 92.9 cm³/mol. The van der Waals surface area contributed by atoms with Gasteiger partial charge in [-0.25, -0.2) is 0 Å². The molecule has 0 spiro atoms. The van der Waals surface area contributed by atoms with Gasteiger partial charge in [-0.05, 0) is 38.1 Å². The number of rotatable bonds is 3. The number of hydrogen-bond acceptors (Lipinski definition) is 5. The highest BCUT2D eigenvalue weighted by atomic mass is 35.5. The van der Waals surface area contributed by atoms with Gasteiger partial charge in [-0.15, -0.1) is 10.2 Å². The maximum absolute atomic E-state index is 6.08. The van der Waals surface area contributed by atoms with Crippen molar-refractivity contribution in [2.75, 3.05) is 13.1 Å². The smallest absolute Gasteiger partial charge is 0.235 e. The van der Waals surface area contributed by atoms with Crippen LogP contribution in [0.25, 0.3) is 15.5 Å². The van der Waals surface area contributed by atoms with Gasteiger partial charge in [0.15, 0.2) is 5.82 Å². The summed E-state index contributed by atoms with van der Waals surface area (Å²) in [6.45, 7) is 3.10. The minimum absolute atomic E-state index is 0.721. The first-order chi connectivity index (χ1) is 11.3. The van der Waals surface area contributed by atoms with E-state index in [2.05, 4.69) is 15.1 Å². The van der Waals surface area contributed by atoms with Crippen LogP contribution in [0.4, 0.5) is 0 Å². The molecule has 1 fully saturated rings. The molecule has 1 aromatic carbocycles. The van der Waals surface area contributed by atoms with Gasteiger partial charge in [0.05, 0.1) is 6.54 Å². The van der Waals surface area contributed by atoms with Gasteiger partial charge < -0.3 is 0 Å². The lowest BCUT2D eigenvalue weighted by Crippen LogP contribution is -2.25. The van der Waals surface area contributed by atoms with Gasteiger partial charge in [0, 0.05) is 10.6 Å². The van der Waals surface area contributed by atoms with Crippen LogP contribution in [0, 0.1) is 0 Å². The predicted octanol–water partition coefficient (Wildman–Crippen LogP) is 3.88. The summed E-state index contributed by atoms with van der Waals surface area (Å²) in [5, 5.41) is 15.0. The molecule has 1 aliphatic rings. The number of likely N-dealkylation sites (tertiary alicyclic amines) is 1. The van der Waals surface area contributed by atoms with Crippen molar-refractivity contribution in [3.63, 3.8) is 0 Å². The Morgan fingerprint density at radius 3 is 2.70 bits per heavy atom. The van der Waals surface area contributed by atoms with Crippen LogP contribution in [0.3, 0.4) is 0 Å². The van der Waals surface area contributed by atoms with Crippen molar-refractivity contribution in [1.29, 1.82) is 0 Å². The first-order valence-corrected chi connectivity index (χ1v) is 9.18. The van der Waals surface area contributed by atoms with Crippen molar-refractivity contribution in [2.24, 2.45) is 0 Å². The average molecular weight is 348 g/mol. The van der Waals surface area contributed by atoms with Gasteiger partial charge in [-0.3, -0.25) is 4.90 Å². The Kier molecular flexibility index (Phi) is 4.29. The van der Waals surface area contributed by atoms with Crippen LogP contribution < -0.4 is 0 Å². The molecule has 1 saturated heterocycles. The van der Waals surface area contributed by atoms with Crippen LogP contribution in [-0.2, 0) is 6.54 Å². The van der Waals surface area contributed by atoms with Crippen molar-refractivity contribution in [3.05, 3.63) is 35.1 Å². The van der Waals surface area contributed by atoms with E-state index in [9.17, 15) is 0 Å². The zero-order chi connectivity index (χ0) is 15.6. The molecule has 120 valence electrons. The van der Waals surface area contributed by atoms with Crippen LogP contribution in [-0.4, -0.2) is 37.8 Å². The van der Waals surface area contributed by atoms with Gasteiger partial charge >= 0.3 is 0 Å². The Morgan fingerprint density at radius 1 is 1.09 bits per heavy atom. The third-order valence-corrected chi connectivity index (χ3v) is 5.37. The Balaban J connectivity index is 1.61. The number of aromatic nitrogens is 4. The van der Waals surface area contributed by atoms with E-state index < -0.39 is 0 Å². The Labute approximate surface area is 143 Å². The molecule has 7 heteroatoms. The summed E-state index contributed by atoms with van der Waals surface area (Å²) in [7, 11) is 0. The normalized spacial score (nSPS) is 16.7. The SMILES string of the molecule is Clc1cccc(-c2nn3c(CN4CCCCCC4)nnc3s2)c1. The first-order valence-electron chi connectivity index (χ1n) is 7.99. The summed E-state index contributed by atoms with van der Waals surface area (Å²) in [5.74, 6) is 0.923. The van der Waals surface area contributed by atoms with Crippen LogP contribution in [0.5, 0.6) is 0 Å². The molecule has 0 radical (unpaired) electrons. The number of fused-ring (bicyclic) bond motifs is 1. The maximum atomic E-state index is 6.08. The number of benzene rings is 1. The zero-order valence-electron chi connectivity index (χ0n) is 12.8. The van der Waals surface area contributed by atoms with Crippen LogP contribution in [0.15, 0.2) is 24.3 Å². The molecule has 23 heavy (non-hydrogen) atoms. The molecule has 0 saturated carbocycles. The Hall–Kier alpha value is -1.50. The average Bonchev–Trinajstić information content (AvgIpc) is 3.02. The summed E-state index contributed by atoms with van der Waals surface area (Å²) < 4.78 is 1.88. The lowest BCUT2D eigenvalue weighted by molar-refractivity contribution is 0.268. The second kappa shape index (κ2) is 6.55.